The topological polar surface area (TPSA) is 25.8 Å². The molecule has 0 radical (unpaired) electrons. The van der Waals surface area contributed by atoms with Gasteiger partial charge in [-0.1, -0.05) is 275 Å². The number of aryl methyl sites for hydroxylation is 2. The number of rotatable bonds is 54. The zero-order valence-electron chi connectivity index (χ0n) is 40.1. The van der Waals surface area contributed by atoms with Gasteiger partial charge in [-0.15, -0.1) is 21.5 Å². The van der Waals surface area contributed by atoms with Crippen molar-refractivity contribution in [2.45, 2.75) is 284 Å². The predicted molar refractivity (Wildman–Crippen MR) is 304 cm³/mol. The molecule has 0 bridgehead atoms. The second kappa shape index (κ2) is 55.0. The quantitative estimate of drug-likeness (QED) is 0.0464. The zero-order chi connectivity index (χ0) is 43.5. The van der Waals surface area contributed by atoms with Gasteiger partial charge < -0.3 is 0 Å². The molecule has 0 unspecified atom stereocenters. The molecule has 0 amide bonds. The van der Waals surface area contributed by atoms with E-state index in [1.807, 2.05) is 50.6 Å². The van der Waals surface area contributed by atoms with Crippen molar-refractivity contribution < 1.29 is 0 Å². The Morgan fingerprint density at radius 1 is 0.262 bits per heavy atom. The normalized spacial score (nSPS) is 11.7. The minimum absolute atomic E-state index is 1.14. The maximum absolute atomic E-state index is 4.52. The van der Waals surface area contributed by atoms with E-state index < -0.39 is 0 Å². The van der Waals surface area contributed by atoms with Crippen LogP contribution in [-0.4, -0.2) is 33.2 Å². The van der Waals surface area contributed by atoms with Gasteiger partial charge in [-0.2, -0.15) is 0 Å². The Bertz CT molecular complexity index is 870. The Balaban J connectivity index is 1.71. The van der Waals surface area contributed by atoms with Crippen LogP contribution in [-0.2, 0) is 12.8 Å². The number of unbranched alkanes of at least 4 members (excludes halogenated alkanes) is 36. The highest BCUT2D eigenvalue weighted by molar-refractivity contribution is 9.26. The molecule has 1 aromatic rings. The molecule has 1 rings (SSSR count). The van der Waals surface area contributed by atoms with Crippen LogP contribution in [0.2, 0.25) is 0 Å². The molecule has 11 heteroatoms. The molecule has 0 saturated carbocycles. The zero-order valence-corrected chi connectivity index (χ0v) is 47.4. The molecule has 0 aromatic carbocycles. The van der Waals surface area contributed by atoms with E-state index in [1.54, 1.807) is 0 Å². The molecule has 0 spiro atoms. The van der Waals surface area contributed by atoms with Crippen molar-refractivity contribution in [3.8, 4) is 0 Å². The second-order valence-corrected chi connectivity index (χ2v) is 31.2. The third kappa shape index (κ3) is 50.1. The molecule has 1 aromatic heterocycles. The van der Waals surface area contributed by atoms with E-state index in [9.17, 15) is 0 Å². The SMILES string of the molecule is CCCCCCCCCCCCSSSSCCCCCCCCCCCCc1nnc(CCCCCCCCCCCCSSSSCCCCCCCCCCCC)s1. The summed E-state index contributed by atoms with van der Waals surface area (Å²) in [5.74, 6) is 5.31. The Kier molecular flexibility index (Phi) is 55.3. The van der Waals surface area contributed by atoms with Gasteiger partial charge in [0.2, 0.25) is 0 Å². The Hall–Kier alpha value is 2.36. The van der Waals surface area contributed by atoms with Crippen LogP contribution in [0.4, 0.5) is 0 Å². The molecule has 0 aliphatic heterocycles. The lowest BCUT2D eigenvalue weighted by molar-refractivity contribution is 0.556. The monoisotopic (exact) mass is 1010 g/mol. The minimum Gasteiger partial charge on any atom is -0.144 e. The molecule has 0 aliphatic rings. The number of hydrogen-bond donors (Lipinski definition) is 0. The van der Waals surface area contributed by atoms with Gasteiger partial charge in [0.25, 0.3) is 0 Å². The highest BCUT2D eigenvalue weighted by Gasteiger charge is 2.05. The summed E-state index contributed by atoms with van der Waals surface area (Å²) in [6, 6.07) is 0. The van der Waals surface area contributed by atoms with Gasteiger partial charge in [0, 0.05) is 35.9 Å². The van der Waals surface area contributed by atoms with Gasteiger partial charge in [-0.3, -0.25) is 0 Å². The first-order chi connectivity index (χ1) is 30.4. The van der Waals surface area contributed by atoms with E-state index in [0.29, 0.717) is 0 Å². The fraction of sp³-hybridized carbons (Fsp3) is 0.960. The molecule has 362 valence electrons. The maximum Gasteiger partial charge on any atom is 0.117 e. The summed E-state index contributed by atoms with van der Waals surface area (Å²) in [7, 11) is 16.4. The van der Waals surface area contributed by atoms with Crippen molar-refractivity contribution in [3.05, 3.63) is 10.0 Å². The highest BCUT2D eigenvalue weighted by atomic mass is 33.7. The molecule has 61 heavy (non-hydrogen) atoms. The molecule has 0 atom stereocenters. The van der Waals surface area contributed by atoms with Gasteiger partial charge in [0.15, 0.2) is 0 Å². The van der Waals surface area contributed by atoms with Crippen LogP contribution in [0.1, 0.15) is 281 Å². The summed E-state index contributed by atoms with van der Waals surface area (Å²) in [6.45, 7) is 4.61. The largest absolute Gasteiger partial charge is 0.144 e. The van der Waals surface area contributed by atoms with Crippen molar-refractivity contribution in [2.24, 2.45) is 0 Å². The Morgan fingerprint density at radius 3 is 0.689 bits per heavy atom. The van der Waals surface area contributed by atoms with Crippen LogP contribution in [0, 0.1) is 0 Å². The molecule has 0 aliphatic carbocycles. The highest BCUT2D eigenvalue weighted by Crippen LogP contribution is 2.44. The standard InChI is InChI=1S/C50H98N2S9/c1-3-5-7-9-11-13-21-27-33-39-45-53-58-60-55-47-41-35-29-23-17-15-19-25-31-37-43-49-51-52-50(57-49)44-38-32-26-20-16-18-24-30-36-42-48-56-61-59-54-46-40-34-28-22-14-12-10-8-6-4-2/h3-48H2,1-2H3. The summed E-state index contributed by atoms with van der Waals surface area (Å²) in [5, 5.41) is 11.6. The predicted octanol–water partition coefficient (Wildman–Crippen LogP) is 22.6. The van der Waals surface area contributed by atoms with Crippen LogP contribution in [0.3, 0.4) is 0 Å². The number of hydrogen-bond acceptors (Lipinski definition) is 11. The van der Waals surface area contributed by atoms with E-state index in [1.165, 1.54) is 290 Å². The van der Waals surface area contributed by atoms with Gasteiger partial charge in [-0.05, 0) is 77.8 Å². The van der Waals surface area contributed by atoms with Crippen LogP contribution < -0.4 is 0 Å². The van der Waals surface area contributed by atoms with Crippen molar-refractivity contribution in [1.82, 2.24) is 10.2 Å². The summed E-state index contributed by atoms with van der Waals surface area (Å²) in [4.78, 5) is 0. The molecule has 1 heterocycles. The number of nitrogens with zero attached hydrogens (tertiary/aromatic N) is 2. The summed E-state index contributed by atoms with van der Waals surface area (Å²) in [6.07, 6.45) is 59.1. The average Bonchev–Trinajstić information content (AvgIpc) is 3.73. The first kappa shape index (κ1) is 61.4. The minimum atomic E-state index is 1.14. The van der Waals surface area contributed by atoms with E-state index in [2.05, 4.69) is 67.2 Å². The van der Waals surface area contributed by atoms with Crippen molar-refractivity contribution in [3.63, 3.8) is 0 Å². The Morgan fingerprint density at radius 2 is 0.459 bits per heavy atom. The molecular weight excluding hydrogens is 917 g/mol. The first-order valence-corrected chi connectivity index (χ1v) is 37.5. The van der Waals surface area contributed by atoms with E-state index >= 15 is 0 Å². The molecule has 0 fully saturated rings. The van der Waals surface area contributed by atoms with Gasteiger partial charge >= 0.3 is 0 Å². The third-order valence-corrected chi connectivity index (χ3v) is 26.0. The molecule has 0 saturated heterocycles. The lowest BCUT2D eigenvalue weighted by Crippen LogP contribution is -1.87. The van der Waals surface area contributed by atoms with Crippen molar-refractivity contribution in [1.29, 1.82) is 0 Å². The lowest BCUT2D eigenvalue weighted by Gasteiger charge is -2.03. The van der Waals surface area contributed by atoms with Crippen molar-refractivity contribution >= 4 is 93.8 Å². The summed E-state index contributed by atoms with van der Waals surface area (Å²) in [5.41, 5.74) is 0. The van der Waals surface area contributed by atoms with Crippen LogP contribution in [0.5, 0.6) is 0 Å². The maximum atomic E-state index is 4.52. The Labute approximate surface area is 416 Å². The summed E-state index contributed by atoms with van der Waals surface area (Å²) < 4.78 is 0. The van der Waals surface area contributed by atoms with Crippen LogP contribution in [0.25, 0.3) is 0 Å². The van der Waals surface area contributed by atoms with Crippen LogP contribution >= 0.6 is 93.8 Å². The fourth-order valence-corrected chi connectivity index (χ4v) is 21.2. The smallest absolute Gasteiger partial charge is 0.117 e. The number of aromatic nitrogens is 2. The molecule has 2 nitrogen and oxygen atoms in total. The first-order valence-electron chi connectivity index (χ1n) is 26.3. The second-order valence-electron chi connectivity index (χ2n) is 17.6. The summed E-state index contributed by atoms with van der Waals surface area (Å²) >= 11 is 1.89. The van der Waals surface area contributed by atoms with Crippen LogP contribution in [0.15, 0.2) is 0 Å². The van der Waals surface area contributed by atoms with Gasteiger partial charge in [0.05, 0.1) is 0 Å². The van der Waals surface area contributed by atoms with Gasteiger partial charge in [0.1, 0.15) is 10.0 Å². The van der Waals surface area contributed by atoms with E-state index in [0.717, 1.165) is 12.8 Å². The molecule has 0 N–H and O–H groups in total. The average molecular weight is 1020 g/mol. The van der Waals surface area contributed by atoms with Gasteiger partial charge in [-0.25, -0.2) is 0 Å². The fourth-order valence-electron chi connectivity index (χ4n) is 7.70. The third-order valence-electron chi connectivity index (χ3n) is 11.7. The van der Waals surface area contributed by atoms with E-state index in [4.69, 9.17) is 0 Å². The molecular formula is C50H98N2S9. The van der Waals surface area contributed by atoms with E-state index in [-0.39, 0.29) is 0 Å². The van der Waals surface area contributed by atoms with Crippen molar-refractivity contribution in [2.75, 3.05) is 23.0 Å². The lowest BCUT2D eigenvalue weighted by atomic mass is 10.1.